The lowest BCUT2D eigenvalue weighted by atomic mass is 10.5. The molecule has 0 bridgehead atoms. The first-order chi connectivity index (χ1) is 7.81. The first kappa shape index (κ1) is 11.2. The summed E-state index contributed by atoms with van der Waals surface area (Å²) in [4.78, 5) is 9.37. The quantitative estimate of drug-likeness (QED) is 0.691. The minimum atomic E-state index is 1.05. The Morgan fingerprint density at radius 1 is 0.688 bits per heavy atom. The van der Waals surface area contributed by atoms with Crippen LogP contribution in [0.25, 0.3) is 0 Å². The average Bonchev–Trinajstić information content (AvgIpc) is 2.95. The van der Waals surface area contributed by atoms with Crippen LogP contribution in [0.1, 0.15) is 13.8 Å². The summed E-state index contributed by atoms with van der Waals surface area (Å²) in [6.45, 7) is 10.9. The van der Waals surface area contributed by atoms with Gasteiger partial charge in [-0.2, -0.15) is 0 Å². The third-order valence-electron chi connectivity index (χ3n) is 3.19. The lowest BCUT2D eigenvalue weighted by Crippen LogP contribution is -2.33. The SMILES string of the molecule is CCN1C=CN(CCN2C=CN(CC)C2)C1. The Hall–Kier alpha value is -1.32. The van der Waals surface area contributed by atoms with Crippen LogP contribution in [-0.2, 0) is 0 Å². The molecule has 0 radical (unpaired) electrons. The maximum Gasteiger partial charge on any atom is 0.0894 e. The van der Waals surface area contributed by atoms with E-state index in [-0.39, 0.29) is 0 Å². The molecule has 0 aromatic rings. The number of rotatable bonds is 5. The minimum absolute atomic E-state index is 1.05. The summed E-state index contributed by atoms with van der Waals surface area (Å²) in [6, 6.07) is 0. The molecule has 0 aromatic carbocycles. The fourth-order valence-electron chi connectivity index (χ4n) is 1.99. The van der Waals surface area contributed by atoms with Crippen molar-refractivity contribution in [1.82, 2.24) is 19.6 Å². The van der Waals surface area contributed by atoms with Gasteiger partial charge in [0, 0.05) is 51.0 Å². The van der Waals surface area contributed by atoms with E-state index in [0.717, 1.165) is 39.5 Å². The molecule has 0 unspecified atom stereocenters. The highest BCUT2D eigenvalue weighted by molar-refractivity contribution is 4.93. The van der Waals surface area contributed by atoms with E-state index in [4.69, 9.17) is 0 Å². The zero-order valence-corrected chi connectivity index (χ0v) is 10.3. The maximum atomic E-state index is 2.37. The van der Waals surface area contributed by atoms with Crippen molar-refractivity contribution < 1.29 is 0 Å². The van der Waals surface area contributed by atoms with Crippen LogP contribution >= 0.6 is 0 Å². The fraction of sp³-hybridized carbons (Fsp3) is 0.667. The molecule has 90 valence electrons. The van der Waals surface area contributed by atoms with Crippen molar-refractivity contribution in [1.29, 1.82) is 0 Å². The predicted octanol–water partition coefficient (Wildman–Crippen LogP) is 1.12. The Morgan fingerprint density at radius 2 is 1.06 bits per heavy atom. The van der Waals surface area contributed by atoms with Crippen molar-refractivity contribution in [2.24, 2.45) is 0 Å². The van der Waals surface area contributed by atoms with E-state index in [2.05, 4.69) is 58.2 Å². The molecule has 16 heavy (non-hydrogen) atoms. The highest BCUT2D eigenvalue weighted by Gasteiger charge is 2.13. The van der Waals surface area contributed by atoms with E-state index >= 15 is 0 Å². The second kappa shape index (κ2) is 5.14. The second-order valence-electron chi connectivity index (χ2n) is 4.31. The van der Waals surface area contributed by atoms with Gasteiger partial charge in [0.2, 0.25) is 0 Å². The van der Waals surface area contributed by atoms with E-state index in [9.17, 15) is 0 Å². The minimum Gasteiger partial charge on any atom is -0.359 e. The van der Waals surface area contributed by atoms with Crippen molar-refractivity contribution in [3.05, 3.63) is 24.8 Å². The van der Waals surface area contributed by atoms with Gasteiger partial charge in [0.25, 0.3) is 0 Å². The van der Waals surface area contributed by atoms with Gasteiger partial charge in [-0.15, -0.1) is 0 Å². The van der Waals surface area contributed by atoms with Gasteiger partial charge in [0.05, 0.1) is 13.3 Å². The van der Waals surface area contributed by atoms with Crippen LogP contribution in [0.5, 0.6) is 0 Å². The van der Waals surface area contributed by atoms with E-state index in [0.29, 0.717) is 0 Å². The van der Waals surface area contributed by atoms with Gasteiger partial charge in [-0.05, 0) is 13.8 Å². The molecule has 0 aromatic heterocycles. The van der Waals surface area contributed by atoms with Crippen LogP contribution < -0.4 is 0 Å². The molecule has 0 N–H and O–H groups in total. The molecule has 0 amide bonds. The topological polar surface area (TPSA) is 13.0 Å². The zero-order valence-electron chi connectivity index (χ0n) is 10.3. The molecule has 2 rings (SSSR count). The lowest BCUT2D eigenvalue weighted by molar-refractivity contribution is 0.223. The fourth-order valence-corrected chi connectivity index (χ4v) is 1.99. The van der Waals surface area contributed by atoms with Crippen molar-refractivity contribution in [2.75, 3.05) is 39.5 Å². The summed E-state index contributed by atoms with van der Waals surface area (Å²) in [5.74, 6) is 0. The molecular weight excluding hydrogens is 200 g/mol. The molecule has 0 saturated carbocycles. The Balaban J connectivity index is 1.66. The van der Waals surface area contributed by atoms with Gasteiger partial charge in [-0.3, -0.25) is 0 Å². The molecule has 0 spiro atoms. The van der Waals surface area contributed by atoms with Gasteiger partial charge in [-0.1, -0.05) is 0 Å². The van der Waals surface area contributed by atoms with Gasteiger partial charge >= 0.3 is 0 Å². The van der Waals surface area contributed by atoms with E-state index in [1.165, 1.54) is 0 Å². The molecule has 2 aliphatic heterocycles. The van der Waals surface area contributed by atoms with Gasteiger partial charge in [-0.25, -0.2) is 0 Å². The van der Waals surface area contributed by atoms with Crippen molar-refractivity contribution in [2.45, 2.75) is 13.8 Å². The van der Waals surface area contributed by atoms with Crippen molar-refractivity contribution in [3.63, 3.8) is 0 Å². The molecular formula is C12H22N4. The summed E-state index contributed by atoms with van der Waals surface area (Å²) in [5, 5.41) is 0. The Morgan fingerprint density at radius 3 is 1.38 bits per heavy atom. The summed E-state index contributed by atoms with van der Waals surface area (Å²) in [7, 11) is 0. The van der Waals surface area contributed by atoms with Crippen LogP contribution in [0.15, 0.2) is 24.8 Å². The Labute approximate surface area is 98.4 Å². The highest BCUT2D eigenvalue weighted by atomic mass is 15.4. The molecule has 4 nitrogen and oxygen atoms in total. The average molecular weight is 222 g/mol. The Kier molecular flexibility index (Phi) is 3.59. The van der Waals surface area contributed by atoms with Crippen molar-refractivity contribution in [3.8, 4) is 0 Å². The second-order valence-corrected chi connectivity index (χ2v) is 4.31. The Bertz CT molecular complexity index is 246. The van der Waals surface area contributed by atoms with Crippen LogP contribution in [0.3, 0.4) is 0 Å². The standard InChI is InChI=1S/C12H22N4/c1-3-13-5-7-15(11-13)9-10-16-8-6-14(4-2)12-16/h5-8H,3-4,9-12H2,1-2H3. The predicted molar refractivity (Wildman–Crippen MR) is 66.2 cm³/mol. The lowest BCUT2D eigenvalue weighted by Gasteiger charge is -2.24. The molecule has 0 saturated heterocycles. The van der Waals surface area contributed by atoms with Crippen LogP contribution in [0.2, 0.25) is 0 Å². The third-order valence-corrected chi connectivity index (χ3v) is 3.19. The normalized spacial score (nSPS) is 19.4. The molecule has 0 aliphatic carbocycles. The molecule has 2 aliphatic rings. The number of hydrogen-bond acceptors (Lipinski definition) is 4. The number of hydrogen-bond donors (Lipinski definition) is 0. The first-order valence-electron chi connectivity index (χ1n) is 6.14. The largest absolute Gasteiger partial charge is 0.359 e. The van der Waals surface area contributed by atoms with E-state index in [1.54, 1.807) is 0 Å². The smallest absolute Gasteiger partial charge is 0.0894 e. The summed E-state index contributed by atoms with van der Waals surface area (Å²) in [5.41, 5.74) is 0. The molecule has 0 atom stereocenters. The summed E-state index contributed by atoms with van der Waals surface area (Å²) >= 11 is 0. The monoisotopic (exact) mass is 222 g/mol. The van der Waals surface area contributed by atoms with Crippen LogP contribution in [0.4, 0.5) is 0 Å². The molecule has 4 heteroatoms. The zero-order chi connectivity index (χ0) is 11.4. The first-order valence-corrected chi connectivity index (χ1v) is 6.14. The molecule has 2 heterocycles. The van der Waals surface area contributed by atoms with Crippen molar-refractivity contribution >= 4 is 0 Å². The van der Waals surface area contributed by atoms with E-state index in [1.807, 2.05) is 0 Å². The van der Waals surface area contributed by atoms with E-state index < -0.39 is 0 Å². The number of nitrogens with zero attached hydrogens (tertiary/aromatic N) is 4. The molecule has 0 fully saturated rings. The van der Waals surface area contributed by atoms with Crippen LogP contribution in [-0.4, -0.2) is 59.1 Å². The highest BCUT2D eigenvalue weighted by Crippen LogP contribution is 2.08. The van der Waals surface area contributed by atoms with Crippen LogP contribution in [0, 0.1) is 0 Å². The maximum absolute atomic E-state index is 2.37. The summed E-state index contributed by atoms with van der Waals surface area (Å²) < 4.78 is 0. The van der Waals surface area contributed by atoms with Gasteiger partial charge in [0.1, 0.15) is 0 Å². The van der Waals surface area contributed by atoms with Gasteiger partial charge in [0.15, 0.2) is 0 Å². The van der Waals surface area contributed by atoms with Gasteiger partial charge < -0.3 is 19.6 Å². The third kappa shape index (κ3) is 2.62. The summed E-state index contributed by atoms with van der Waals surface area (Å²) in [6.07, 6.45) is 8.75.